The molecule has 6 heteroatoms. The van der Waals surface area contributed by atoms with Gasteiger partial charge in [0.15, 0.2) is 5.69 Å². The molecule has 0 bridgehead atoms. The zero-order chi connectivity index (χ0) is 14.0. The molecule has 1 aromatic heterocycles. The highest BCUT2D eigenvalue weighted by Gasteiger charge is 2.23. The first-order chi connectivity index (χ1) is 9.04. The summed E-state index contributed by atoms with van der Waals surface area (Å²) in [4.78, 5) is 19.1. The fraction of sp³-hybridized carbons (Fsp3) is 0.231. The molecule has 0 fully saturated rings. The van der Waals surface area contributed by atoms with Gasteiger partial charge >= 0.3 is 5.69 Å². The molecule has 0 aliphatic heterocycles. The molecular formula is C13H14N4O2. The van der Waals surface area contributed by atoms with Gasteiger partial charge in [-0.1, -0.05) is 24.3 Å². The lowest BCUT2D eigenvalue weighted by atomic mass is 10.0. The molecule has 0 aliphatic carbocycles. The van der Waals surface area contributed by atoms with Crippen LogP contribution in [-0.4, -0.2) is 21.9 Å². The lowest BCUT2D eigenvalue weighted by Gasteiger charge is -2.09. The third kappa shape index (κ3) is 2.37. The van der Waals surface area contributed by atoms with Crippen LogP contribution < -0.4 is 5.32 Å². The Balaban J connectivity index is 2.77. The molecule has 6 nitrogen and oxygen atoms in total. The van der Waals surface area contributed by atoms with E-state index in [1.165, 1.54) is 0 Å². The van der Waals surface area contributed by atoms with Gasteiger partial charge in [-0.2, -0.15) is 0 Å². The van der Waals surface area contributed by atoms with Gasteiger partial charge in [-0.15, -0.1) is 0 Å². The second kappa shape index (κ2) is 5.01. The summed E-state index contributed by atoms with van der Waals surface area (Å²) in [5, 5.41) is 14.1. The molecular weight excluding hydrogens is 244 g/mol. The first-order valence-electron chi connectivity index (χ1n) is 5.81. The molecule has 19 heavy (non-hydrogen) atoms. The van der Waals surface area contributed by atoms with Gasteiger partial charge in [0, 0.05) is 12.6 Å². The standard InChI is InChI=1S/C13H14N4O2/c1-8-6-4-5-7-10(8)11-12(17(18)19)9(2)15-13(14-3)16-11/h4-7H,1-3H3,(H,14,15,16). The fourth-order valence-corrected chi connectivity index (χ4v) is 1.92. The Morgan fingerprint density at radius 3 is 2.47 bits per heavy atom. The summed E-state index contributed by atoms with van der Waals surface area (Å²) in [5.74, 6) is 0.376. The van der Waals surface area contributed by atoms with Gasteiger partial charge in [-0.25, -0.2) is 9.97 Å². The number of rotatable bonds is 3. The van der Waals surface area contributed by atoms with Crippen LogP contribution in [-0.2, 0) is 0 Å². The van der Waals surface area contributed by atoms with Gasteiger partial charge in [-0.05, 0) is 19.4 Å². The number of aryl methyl sites for hydroxylation is 2. The highest BCUT2D eigenvalue weighted by atomic mass is 16.6. The molecule has 2 rings (SSSR count). The summed E-state index contributed by atoms with van der Waals surface area (Å²) >= 11 is 0. The SMILES string of the molecule is CNc1nc(C)c([N+](=O)[O-])c(-c2ccccc2C)n1. The van der Waals surface area contributed by atoms with Crippen molar-refractivity contribution in [3.05, 3.63) is 45.6 Å². The minimum Gasteiger partial charge on any atom is -0.357 e. The molecule has 1 N–H and O–H groups in total. The Hall–Kier alpha value is -2.50. The van der Waals surface area contributed by atoms with E-state index in [2.05, 4.69) is 15.3 Å². The maximum atomic E-state index is 11.2. The molecule has 0 aliphatic rings. The summed E-state index contributed by atoms with van der Waals surface area (Å²) in [6.45, 7) is 3.51. The number of nitrogens with zero attached hydrogens (tertiary/aromatic N) is 3. The molecule has 1 heterocycles. The quantitative estimate of drug-likeness (QED) is 0.676. The summed E-state index contributed by atoms with van der Waals surface area (Å²) in [5.41, 5.74) is 2.33. The number of aromatic nitrogens is 2. The van der Waals surface area contributed by atoms with Crippen LogP contribution in [0.2, 0.25) is 0 Å². The van der Waals surface area contributed by atoms with E-state index < -0.39 is 4.92 Å². The molecule has 98 valence electrons. The van der Waals surface area contributed by atoms with Crippen LogP contribution in [0.25, 0.3) is 11.3 Å². The molecule has 0 saturated heterocycles. The number of nitro groups is 1. The Bertz CT molecular complexity index is 641. The lowest BCUT2D eigenvalue weighted by Crippen LogP contribution is -2.05. The Kier molecular flexibility index (Phi) is 3.41. The molecule has 2 aromatic rings. The summed E-state index contributed by atoms with van der Waals surface area (Å²) in [6, 6.07) is 7.44. The van der Waals surface area contributed by atoms with Crippen molar-refractivity contribution in [1.82, 2.24) is 9.97 Å². The second-order valence-electron chi connectivity index (χ2n) is 4.15. The van der Waals surface area contributed by atoms with Gasteiger partial charge in [0.05, 0.1) is 4.92 Å². The second-order valence-corrected chi connectivity index (χ2v) is 4.15. The van der Waals surface area contributed by atoms with Crippen molar-refractivity contribution < 1.29 is 4.92 Å². The Morgan fingerprint density at radius 2 is 1.89 bits per heavy atom. The Morgan fingerprint density at radius 1 is 1.21 bits per heavy atom. The van der Waals surface area contributed by atoms with Gasteiger partial charge in [0.2, 0.25) is 5.95 Å². The van der Waals surface area contributed by atoms with Crippen LogP contribution in [0.3, 0.4) is 0 Å². The summed E-state index contributed by atoms with van der Waals surface area (Å²) < 4.78 is 0. The molecule has 0 radical (unpaired) electrons. The third-order valence-corrected chi connectivity index (χ3v) is 2.86. The van der Waals surface area contributed by atoms with Crippen molar-refractivity contribution >= 4 is 11.6 Å². The first-order valence-corrected chi connectivity index (χ1v) is 5.81. The predicted octanol–water partition coefficient (Wildman–Crippen LogP) is 2.71. The zero-order valence-corrected chi connectivity index (χ0v) is 11.0. The number of hydrogen-bond acceptors (Lipinski definition) is 5. The monoisotopic (exact) mass is 258 g/mol. The fourth-order valence-electron chi connectivity index (χ4n) is 1.92. The number of nitrogens with one attached hydrogen (secondary N) is 1. The normalized spacial score (nSPS) is 10.3. The van der Waals surface area contributed by atoms with Crippen molar-refractivity contribution in [2.45, 2.75) is 13.8 Å². The smallest absolute Gasteiger partial charge is 0.316 e. The number of anilines is 1. The van der Waals surface area contributed by atoms with Crippen LogP contribution >= 0.6 is 0 Å². The van der Waals surface area contributed by atoms with Crippen molar-refractivity contribution in [1.29, 1.82) is 0 Å². The van der Waals surface area contributed by atoms with Crippen LogP contribution in [0, 0.1) is 24.0 Å². The van der Waals surface area contributed by atoms with E-state index >= 15 is 0 Å². The predicted molar refractivity (Wildman–Crippen MR) is 73.1 cm³/mol. The molecule has 0 atom stereocenters. The van der Waals surface area contributed by atoms with Gasteiger partial charge in [0.1, 0.15) is 5.69 Å². The lowest BCUT2D eigenvalue weighted by molar-refractivity contribution is -0.385. The van der Waals surface area contributed by atoms with Gasteiger partial charge < -0.3 is 5.32 Å². The highest BCUT2D eigenvalue weighted by molar-refractivity contribution is 5.74. The van der Waals surface area contributed by atoms with Crippen LogP contribution in [0.15, 0.2) is 24.3 Å². The average Bonchev–Trinajstić information content (AvgIpc) is 2.37. The van der Waals surface area contributed by atoms with E-state index in [9.17, 15) is 10.1 Å². The topological polar surface area (TPSA) is 81.0 Å². The molecule has 0 unspecified atom stereocenters. The van der Waals surface area contributed by atoms with Gasteiger partial charge in [0.25, 0.3) is 0 Å². The van der Waals surface area contributed by atoms with Crippen molar-refractivity contribution in [2.24, 2.45) is 0 Å². The van der Waals surface area contributed by atoms with Gasteiger partial charge in [-0.3, -0.25) is 10.1 Å². The molecule has 0 spiro atoms. The van der Waals surface area contributed by atoms with Crippen molar-refractivity contribution in [3.8, 4) is 11.3 Å². The number of benzene rings is 1. The van der Waals surface area contributed by atoms with Crippen LogP contribution in [0.5, 0.6) is 0 Å². The maximum absolute atomic E-state index is 11.2. The van der Waals surface area contributed by atoms with Crippen molar-refractivity contribution in [2.75, 3.05) is 12.4 Å². The van der Waals surface area contributed by atoms with E-state index in [0.29, 0.717) is 17.3 Å². The molecule has 0 amide bonds. The van der Waals surface area contributed by atoms with Crippen LogP contribution in [0.1, 0.15) is 11.3 Å². The highest BCUT2D eigenvalue weighted by Crippen LogP contribution is 2.32. The van der Waals surface area contributed by atoms with E-state index in [1.807, 2.05) is 31.2 Å². The molecule has 1 aromatic carbocycles. The Labute approximate surface area is 110 Å². The van der Waals surface area contributed by atoms with E-state index in [1.54, 1.807) is 14.0 Å². The first kappa shape index (κ1) is 12.9. The third-order valence-electron chi connectivity index (χ3n) is 2.86. The zero-order valence-electron chi connectivity index (χ0n) is 11.0. The maximum Gasteiger partial charge on any atom is 0.316 e. The minimum absolute atomic E-state index is 0.0479. The van der Waals surface area contributed by atoms with Crippen molar-refractivity contribution in [3.63, 3.8) is 0 Å². The number of hydrogen-bond donors (Lipinski definition) is 1. The largest absolute Gasteiger partial charge is 0.357 e. The summed E-state index contributed by atoms with van der Waals surface area (Å²) in [6.07, 6.45) is 0. The average molecular weight is 258 g/mol. The van der Waals surface area contributed by atoms with E-state index in [-0.39, 0.29) is 5.69 Å². The van der Waals surface area contributed by atoms with E-state index in [4.69, 9.17) is 0 Å². The minimum atomic E-state index is -0.434. The summed E-state index contributed by atoms with van der Waals surface area (Å²) in [7, 11) is 1.68. The van der Waals surface area contributed by atoms with E-state index in [0.717, 1.165) is 11.1 Å². The molecule has 0 saturated carbocycles. The van der Waals surface area contributed by atoms with Crippen LogP contribution in [0.4, 0.5) is 11.6 Å².